The number of amides is 1. The van der Waals surface area contributed by atoms with Crippen LogP contribution in [0.25, 0.3) is 0 Å². The number of hydrogen-bond donors (Lipinski definition) is 1. The molecule has 0 bridgehead atoms. The van der Waals surface area contributed by atoms with Crippen molar-refractivity contribution in [1.29, 1.82) is 0 Å². The lowest BCUT2D eigenvalue weighted by atomic mass is 9.90. The highest BCUT2D eigenvalue weighted by Gasteiger charge is 2.33. The van der Waals surface area contributed by atoms with E-state index in [1.54, 1.807) is 0 Å². The molecule has 2 atom stereocenters. The largest absolute Gasteiger partial charge is 0.342 e. The van der Waals surface area contributed by atoms with Crippen LogP contribution in [-0.4, -0.2) is 61.0 Å². The Hall–Kier alpha value is -0.610. The van der Waals surface area contributed by atoms with E-state index in [9.17, 15) is 4.79 Å². The number of piperidine rings is 1. The first kappa shape index (κ1) is 13.4. The van der Waals surface area contributed by atoms with Crippen LogP contribution < -0.4 is 5.32 Å². The van der Waals surface area contributed by atoms with Crippen LogP contribution in [0.5, 0.6) is 0 Å². The molecule has 2 saturated heterocycles. The van der Waals surface area contributed by atoms with E-state index in [0.717, 1.165) is 19.0 Å². The van der Waals surface area contributed by atoms with Gasteiger partial charge in [0.05, 0.1) is 6.54 Å². The van der Waals surface area contributed by atoms with E-state index in [2.05, 4.69) is 10.2 Å². The lowest BCUT2D eigenvalue weighted by molar-refractivity contribution is -0.132. The molecule has 0 aromatic rings. The number of likely N-dealkylation sites (N-methyl/N-ethyl adjacent to an activating group) is 1. The third-order valence-electron chi connectivity index (χ3n) is 5.06. The minimum Gasteiger partial charge on any atom is -0.342 e. The summed E-state index contributed by atoms with van der Waals surface area (Å²) in [5, 5.41) is 3.63. The fraction of sp³-hybridized carbons (Fsp3) is 0.933. The van der Waals surface area contributed by atoms with E-state index in [1.165, 1.54) is 45.1 Å². The number of rotatable bonds is 4. The van der Waals surface area contributed by atoms with Gasteiger partial charge in [0.15, 0.2) is 0 Å². The van der Waals surface area contributed by atoms with E-state index in [0.29, 0.717) is 24.5 Å². The van der Waals surface area contributed by atoms with Crippen LogP contribution in [0.4, 0.5) is 0 Å². The number of likely N-dealkylation sites (tertiary alicyclic amines) is 1. The topological polar surface area (TPSA) is 35.6 Å². The first-order chi connectivity index (χ1) is 9.24. The standard InChI is InChI=1S/C15H27N3O/c1-17(13-6-7-13)15(19)11-18-9-3-4-12(10-18)14-5-2-8-16-14/h12-14,16H,2-11H2,1H3. The quantitative estimate of drug-likeness (QED) is 0.826. The zero-order valence-corrected chi connectivity index (χ0v) is 12.1. The van der Waals surface area contributed by atoms with Crippen molar-refractivity contribution in [2.75, 3.05) is 33.2 Å². The van der Waals surface area contributed by atoms with Crippen LogP contribution in [0, 0.1) is 5.92 Å². The van der Waals surface area contributed by atoms with Gasteiger partial charge in [0.1, 0.15) is 0 Å². The summed E-state index contributed by atoms with van der Waals surface area (Å²) in [6.45, 7) is 4.04. The summed E-state index contributed by atoms with van der Waals surface area (Å²) in [6.07, 6.45) is 7.65. The van der Waals surface area contributed by atoms with Crippen molar-refractivity contribution in [3.63, 3.8) is 0 Å². The maximum atomic E-state index is 12.2. The second kappa shape index (κ2) is 5.80. The number of nitrogens with zero attached hydrogens (tertiary/aromatic N) is 2. The predicted octanol–water partition coefficient (Wildman–Crippen LogP) is 1.07. The number of nitrogens with one attached hydrogen (secondary N) is 1. The minimum atomic E-state index is 0.322. The second-order valence-corrected chi connectivity index (χ2v) is 6.58. The third-order valence-corrected chi connectivity index (χ3v) is 5.06. The van der Waals surface area contributed by atoms with Gasteiger partial charge in [0.2, 0.25) is 5.91 Å². The Morgan fingerprint density at radius 3 is 2.79 bits per heavy atom. The zero-order valence-electron chi connectivity index (χ0n) is 12.1. The van der Waals surface area contributed by atoms with Gasteiger partial charge in [-0.3, -0.25) is 9.69 Å². The lowest BCUT2D eigenvalue weighted by Gasteiger charge is -2.36. The van der Waals surface area contributed by atoms with Gasteiger partial charge in [0.25, 0.3) is 0 Å². The van der Waals surface area contributed by atoms with Crippen molar-refractivity contribution in [3.8, 4) is 0 Å². The molecular weight excluding hydrogens is 238 g/mol. The molecule has 0 spiro atoms. The smallest absolute Gasteiger partial charge is 0.236 e. The Kier molecular flexibility index (Phi) is 4.08. The SMILES string of the molecule is CN(C(=O)CN1CCCC(C2CCCN2)C1)C1CC1. The van der Waals surface area contributed by atoms with Crippen molar-refractivity contribution in [2.24, 2.45) is 5.92 Å². The molecule has 1 N–H and O–H groups in total. The average molecular weight is 265 g/mol. The van der Waals surface area contributed by atoms with Gasteiger partial charge in [-0.15, -0.1) is 0 Å². The minimum absolute atomic E-state index is 0.322. The van der Waals surface area contributed by atoms with Crippen molar-refractivity contribution in [3.05, 3.63) is 0 Å². The molecule has 3 rings (SSSR count). The normalized spacial score (nSPS) is 32.5. The summed E-state index contributed by atoms with van der Waals surface area (Å²) in [6, 6.07) is 1.25. The van der Waals surface area contributed by atoms with E-state index in [-0.39, 0.29) is 0 Å². The Balaban J connectivity index is 1.48. The molecule has 1 amide bonds. The lowest BCUT2D eigenvalue weighted by Crippen LogP contribution is -2.47. The summed E-state index contributed by atoms with van der Waals surface area (Å²) in [5.41, 5.74) is 0. The van der Waals surface area contributed by atoms with Gasteiger partial charge >= 0.3 is 0 Å². The van der Waals surface area contributed by atoms with Gasteiger partial charge in [-0.05, 0) is 57.5 Å². The molecule has 4 nitrogen and oxygen atoms in total. The molecule has 108 valence electrons. The average Bonchev–Trinajstić information content (AvgIpc) is 3.12. The Morgan fingerprint density at radius 1 is 1.26 bits per heavy atom. The van der Waals surface area contributed by atoms with Gasteiger partial charge in [-0.1, -0.05) is 0 Å². The molecule has 0 aromatic heterocycles. The Morgan fingerprint density at radius 2 is 2.11 bits per heavy atom. The molecule has 19 heavy (non-hydrogen) atoms. The fourth-order valence-corrected chi connectivity index (χ4v) is 3.65. The number of carbonyl (C=O) groups is 1. The third kappa shape index (κ3) is 3.29. The van der Waals surface area contributed by atoms with Crippen molar-refractivity contribution >= 4 is 5.91 Å². The van der Waals surface area contributed by atoms with Gasteiger partial charge < -0.3 is 10.2 Å². The molecule has 2 aliphatic heterocycles. The second-order valence-electron chi connectivity index (χ2n) is 6.58. The van der Waals surface area contributed by atoms with E-state index in [1.807, 2.05) is 11.9 Å². The van der Waals surface area contributed by atoms with E-state index in [4.69, 9.17) is 0 Å². The molecule has 0 radical (unpaired) electrons. The summed E-state index contributed by atoms with van der Waals surface area (Å²) >= 11 is 0. The van der Waals surface area contributed by atoms with Gasteiger partial charge in [-0.2, -0.15) is 0 Å². The highest BCUT2D eigenvalue weighted by molar-refractivity contribution is 5.78. The van der Waals surface area contributed by atoms with E-state index < -0.39 is 0 Å². The Bertz CT molecular complexity index is 323. The van der Waals surface area contributed by atoms with Crippen molar-refractivity contribution in [2.45, 2.75) is 50.6 Å². The highest BCUT2D eigenvalue weighted by atomic mass is 16.2. The summed E-state index contributed by atoms with van der Waals surface area (Å²) in [5.74, 6) is 1.08. The summed E-state index contributed by atoms with van der Waals surface area (Å²) in [4.78, 5) is 16.5. The molecule has 2 unspecified atom stereocenters. The molecule has 0 aromatic carbocycles. The fourth-order valence-electron chi connectivity index (χ4n) is 3.65. The molecule has 3 fully saturated rings. The van der Waals surface area contributed by atoms with Crippen LogP contribution >= 0.6 is 0 Å². The number of carbonyl (C=O) groups excluding carboxylic acids is 1. The van der Waals surface area contributed by atoms with Crippen molar-refractivity contribution < 1.29 is 4.79 Å². The predicted molar refractivity (Wildman–Crippen MR) is 76.0 cm³/mol. The Labute approximate surface area is 116 Å². The molecular formula is C15H27N3O. The monoisotopic (exact) mass is 265 g/mol. The molecule has 3 aliphatic rings. The zero-order chi connectivity index (χ0) is 13.2. The van der Waals surface area contributed by atoms with Gasteiger partial charge in [0, 0.05) is 25.7 Å². The molecule has 1 saturated carbocycles. The maximum Gasteiger partial charge on any atom is 0.236 e. The maximum absolute atomic E-state index is 12.2. The first-order valence-corrected chi connectivity index (χ1v) is 7.95. The number of hydrogen-bond acceptors (Lipinski definition) is 3. The van der Waals surface area contributed by atoms with Gasteiger partial charge in [-0.25, -0.2) is 0 Å². The first-order valence-electron chi connectivity index (χ1n) is 7.95. The molecule has 4 heteroatoms. The van der Waals surface area contributed by atoms with Crippen LogP contribution in [0.1, 0.15) is 38.5 Å². The molecule has 2 heterocycles. The van der Waals surface area contributed by atoms with Crippen LogP contribution in [0.15, 0.2) is 0 Å². The van der Waals surface area contributed by atoms with Crippen LogP contribution in [0.3, 0.4) is 0 Å². The molecule has 1 aliphatic carbocycles. The highest BCUT2D eigenvalue weighted by Crippen LogP contribution is 2.27. The van der Waals surface area contributed by atoms with Crippen LogP contribution in [0.2, 0.25) is 0 Å². The van der Waals surface area contributed by atoms with Crippen LogP contribution in [-0.2, 0) is 4.79 Å². The summed E-state index contributed by atoms with van der Waals surface area (Å²) in [7, 11) is 1.97. The van der Waals surface area contributed by atoms with E-state index >= 15 is 0 Å². The summed E-state index contributed by atoms with van der Waals surface area (Å²) < 4.78 is 0. The van der Waals surface area contributed by atoms with Crippen molar-refractivity contribution in [1.82, 2.24) is 15.1 Å².